The van der Waals surface area contributed by atoms with Crippen LogP contribution in [0.15, 0.2) is 60.8 Å². The van der Waals surface area contributed by atoms with Crippen LogP contribution in [0.2, 0.25) is 0 Å². The van der Waals surface area contributed by atoms with Gasteiger partial charge in [-0.2, -0.15) is 0 Å². The minimum absolute atomic E-state index is 0.219. The van der Waals surface area contributed by atoms with Crippen molar-refractivity contribution in [2.75, 3.05) is 5.32 Å². The van der Waals surface area contributed by atoms with E-state index in [1.807, 2.05) is 42.6 Å². The largest absolute Gasteiger partial charge is 0.381 e. The molecule has 4 nitrogen and oxygen atoms in total. The first-order chi connectivity index (χ1) is 11.3. The van der Waals surface area contributed by atoms with Gasteiger partial charge in [0.2, 0.25) is 0 Å². The summed E-state index contributed by atoms with van der Waals surface area (Å²) >= 11 is 0. The SMILES string of the molecule is Fc1cccc(CNc2ccc3nc(-c4ccc[nH]4)[nH]c3c2)c1. The van der Waals surface area contributed by atoms with E-state index in [2.05, 4.69) is 20.3 Å². The molecule has 0 aliphatic heterocycles. The van der Waals surface area contributed by atoms with Crippen LogP contribution in [-0.2, 0) is 6.54 Å². The van der Waals surface area contributed by atoms with E-state index in [4.69, 9.17) is 0 Å². The van der Waals surface area contributed by atoms with Gasteiger partial charge in [-0.3, -0.25) is 0 Å². The van der Waals surface area contributed by atoms with Crippen LogP contribution >= 0.6 is 0 Å². The zero-order valence-corrected chi connectivity index (χ0v) is 12.3. The number of fused-ring (bicyclic) bond motifs is 1. The number of aromatic amines is 2. The van der Waals surface area contributed by atoms with Crippen LogP contribution in [0.5, 0.6) is 0 Å². The molecule has 5 heteroatoms. The second-order valence-electron chi connectivity index (χ2n) is 5.38. The molecule has 23 heavy (non-hydrogen) atoms. The molecule has 0 aliphatic carbocycles. The maximum Gasteiger partial charge on any atom is 0.154 e. The Balaban J connectivity index is 1.56. The fourth-order valence-electron chi connectivity index (χ4n) is 2.58. The number of imidazole rings is 1. The van der Waals surface area contributed by atoms with E-state index in [-0.39, 0.29) is 5.82 Å². The van der Waals surface area contributed by atoms with E-state index in [0.29, 0.717) is 6.54 Å². The highest BCUT2D eigenvalue weighted by Gasteiger charge is 2.06. The van der Waals surface area contributed by atoms with Crippen LogP contribution in [0.25, 0.3) is 22.6 Å². The number of benzene rings is 2. The lowest BCUT2D eigenvalue weighted by molar-refractivity contribution is 0.626. The number of nitrogens with one attached hydrogen (secondary N) is 3. The average Bonchev–Trinajstić information content (AvgIpc) is 3.21. The van der Waals surface area contributed by atoms with Crippen LogP contribution in [-0.4, -0.2) is 15.0 Å². The number of hydrogen-bond donors (Lipinski definition) is 3. The molecule has 0 saturated carbocycles. The standard InChI is InChI=1S/C18H15FN4/c19-13-4-1-3-12(9-13)11-21-14-6-7-15-17(10-14)23-18(22-15)16-5-2-8-20-16/h1-10,20-21H,11H2,(H,22,23). The maximum atomic E-state index is 13.2. The first-order valence-electron chi connectivity index (χ1n) is 7.40. The summed E-state index contributed by atoms with van der Waals surface area (Å²) < 4.78 is 13.2. The predicted octanol–water partition coefficient (Wildman–Crippen LogP) is 4.31. The van der Waals surface area contributed by atoms with Gasteiger partial charge < -0.3 is 15.3 Å². The lowest BCUT2D eigenvalue weighted by Crippen LogP contribution is -1.99. The summed E-state index contributed by atoms with van der Waals surface area (Å²) in [5.74, 6) is 0.594. The number of rotatable bonds is 4. The summed E-state index contributed by atoms with van der Waals surface area (Å²) in [6.45, 7) is 0.570. The molecule has 0 spiro atoms. The van der Waals surface area contributed by atoms with Crippen LogP contribution in [0, 0.1) is 5.82 Å². The van der Waals surface area contributed by atoms with Gasteiger partial charge in [0.05, 0.1) is 16.7 Å². The van der Waals surface area contributed by atoms with Crippen molar-refractivity contribution < 1.29 is 4.39 Å². The summed E-state index contributed by atoms with van der Waals surface area (Å²) in [6, 6.07) is 16.4. The molecule has 4 rings (SSSR count). The van der Waals surface area contributed by atoms with Crippen molar-refractivity contribution >= 4 is 16.7 Å². The molecule has 114 valence electrons. The summed E-state index contributed by atoms with van der Waals surface area (Å²) in [6.07, 6.45) is 1.87. The van der Waals surface area contributed by atoms with E-state index in [1.165, 1.54) is 12.1 Å². The van der Waals surface area contributed by atoms with Crippen molar-refractivity contribution in [1.29, 1.82) is 0 Å². The van der Waals surface area contributed by atoms with Gasteiger partial charge in [-0.25, -0.2) is 9.37 Å². The third kappa shape index (κ3) is 2.81. The lowest BCUT2D eigenvalue weighted by Gasteiger charge is -2.06. The maximum absolute atomic E-state index is 13.2. The van der Waals surface area contributed by atoms with Gasteiger partial charge in [-0.05, 0) is 48.0 Å². The molecule has 4 aromatic rings. The minimum Gasteiger partial charge on any atom is -0.381 e. The van der Waals surface area contributed by atoms with Gasteiger partial charge in [0.25, 0.3) is 0 Å². The van der Waals surface area contributed by atoms with Gasteiger partial charge in [-0.1, -0.05) is 12.1 Å². The summed E-state index contributed by atoms with van der Waals surface area (Å²) in [7, 11) is 0. The molecule has 0 bridgehead atoms. The summed E-state index contributed by atoms with van der Waals surface area (Å²) in [4.78, 5) is 11.0. The molecule has 0 atom stereocenters. The van der Waals surface area contributed by atoms with Gasteiger partial charge in [0, 0.05) is 18.4 Å². The topological polar surface area (TPSA) is 56.5 Å². The molecule has 0 saturated heterocycles. The zero-order chi connectivity index (χ0) is 15.6. The number of halogens is 1. The highest BCUT2D eigenvalue weighted by molar-refractivity contribution is 5.82. The molecule has 3 N–H and O–H groups in total. The van der Waals surface area contributed by atoms with Gasteiger partial charge >= 0.3 is 0 Å². The molecular formula is C18H15FN4. The fraction of sp³-hybridized carbons (Fsp3) is 0.0556. The van der Waals surface area contributed by atoms with Crippen molar-refractivity contribution in [3.63, 3.8) is 0 Å². The van der Waals surface area contributed by atoms with Crippen molar-refractivity contribution in [3.05, 3.63) is 72.2 Å². The average molecular weight is 306 g/mol. The normalized spacial score (nSPS) is 11.0. The Morgan fingerprint density at radius 3 is 2.83 bits per heavy atom. The monoisotopic (exact) mass is 306 g/mol. The van der Waals surface area contributed by atoms with Crippen LogP contribution in [0.3, 0.4) is 0 Å². The highest BCUT2D eigenvalue weighted by Crippen LogP contribution is 2.22. The molecule has 2 aromatic heterocycles. The third-order valence-corrected chi connectivity index (χ3v) is 3.72. The number of anilines is 1. The van der Waals surface area contributed by atoms with Crippen LogP contribution < -0.4 is 5.32 Å². The summed E-state index contributed by atoms with van der Waals surface area (Å²) in [5, 5.41) is 3.30. The highest BCUT2D eigenvalue weighted by atomic mass is 19.1. The van der Waals surface area contributed by atoms with E-state index in [9.17, 15) is 4.39 Å². The zero-order valence-electron chi connectivity index (χ0n) is 12.3. The Hall–Kier alpha value is -3.08. The fourth-order valence-corrected chi connectivity index (χ4v) is 2.58. The Kier molecular flexibility index (Phi) is 3.31. The smallest absolute Gasteiger partial charge is 0.154 e. The quantitative estimate of drug-likeness (QED) is 0.526. The van der Waals surface area contributed by atoms with Gasteiger partial charge in [-0.15, -0.1) is 0 Å². The predicted molar refractivity (Wildman–Crippen MR) is 89.6 cm³/mol. The number of H-pyrrole nitrogens is 2. The van der Waals surface area contributed by atoms with Gasteiger partial charge in [0.15, 0.2) is 5.82 Å². The first-order valence-corrected chi connectivity index (χ1v) is 7.40. The van der Waals surface area contributed by atoms with E-state index < -0.39 is 0 Å². The van der Waals surface area contributed by atoms with Crippen molar-refractivity contribution in [2.45, 2.75) is 6.54 Å². The Morgan fingerprint density at radius 2 is 2.00 bits per heavy atom. The number of hydrogen-bond acceptors (Lipinski definition) is 2. The van der Waals surface area contributed by atoms with Crippen molar-refractivity contribution in [3.8, 4) is 11.5 Å². The molecule has 2 heterocycles. The molecule has 0 amide bonds. The third-order valence-electron chi connectivity index (χ3n) is 3.72. The summed E-state index contributed by atoms with van der Waals surface area (Å²) in [5.41, 5.74) is 4.69. The Morgan fingerprint density at radius 1 is 1.04 bits per heavy atom. The van der Waals surface area contributed by atoms with Gasteiger partial charge in [0.1, 0.15) is 5.82 Å². The number of nitrogens with zero attached hydrogens (tertiary/aromatic N) is 1. The molecule has 0 unspecified atom stereocenters. The van der Waals surface area contributed by atoms with Crippen molar-refractivity contribution in [2.24, 2.45) is 0 Å². The van der Waals surface area contributed by atoms with Crippen LogP contribution in [0.4, 0.5) is 10.1 Å². The second kappa shape index (κ2) is 5.61. The van der Waals surface area contributed by atoms with Crippen molar-refractivity contribution in [1.82, 2.24) is 15.0 Å². The molecular weight excluding hydrogens is 291 g/mol. The molecule has 0 aliphatic rings. The molecule has 0 radical (unpaired) electrons. The lowest BCUT2D eigenvalue weighted by atomic mass is 10.2. The van der Waals surface area contributed by atoms with E-state index in [1.54, 1.807) is 6.07 Å². The molecule has 2 aromatic carbocycles. The second-order valence-corrected chi connectivity index (χ2v) is 5.38. The first kappa shape index (κ1) is 13.6. The Labute approximate surface area is 132 Å². The Bertz CT molecular complexity index is 941. The van der Waals surface area contributed by atoms with E-state index >= 15 is 0 Å². The number of aromatic nitrogens is 3. The minimum atomic E-state index is -0.219. The molecule has 0 fully saturated rings. The van der Waals surface area contributed by atoms with Crippen LogP contribution in [0.1, 0.15) is 5.56 Å². The van der Waals surface area contributed by atoms with E-state index in [0.717, 1.165) is 33.8 Å².